The van der Waals surface area contributed by atoms with Gasteiger partial charge in [0, 0.05) is 6.04 Å². The molecule has 6 atom stereocenters. The standard InChI is InChI=1S/C29H36N4O7/c1-17(32-29(38)40-16-21-12-8-6-9-13-21)23-24(22-14-10-7-11-15-22)33(27(23)36)20(4)26(35)30-18(2)25(34)31-19(3)28(37)39-5/h6-15,17-20,23-24H,16H2,1-5H3,(H,30,35)(H,31,34)(H,32,38)/t17-,18-,19-,20-,23-,24-/m0/s1. The summed E-state index contributed by atoms with van der Waals surface area (Å²) in [6, 6.07) is 14.6. The molecule has 1 heterocycles. The van der Waals surface area contributed by atoms with Gasteiger partial charge in [-0.1, -0.05) is 60.7 Å². The maximum absolute atomic E-state index is 13.4. The van der Waals surface area contributed by atoms with Crippen molar-refractivity contribution in [3.63, 3.8) is 0 Å². The Hall–Kier alpha value is -4.41. The number of β-lactam (4-membered cyclic amide) rings is 1. The number of hydrogen-bond donors (Lipinski definition) is 3. The quantitative estimate of drug-likeness (QED) is 0.286. The molecule has 0 aromatic heterocycles. The number of esters is 1. The number of nitrogens with zero attached hydrogens (tertiary/aromatic N) is 1. The van der Waals surface area contributed by atoms with Crippen molar-refractivity contribution in [2.45, 2.75) is 64.5 Å². The first kappa shape index (κ1) is 30.1. The summed E-state index contributed by atoms with van der Waals surface area (Å²) in [5, 5.41) is 7.83. The van der Waals surface area contributed by atoms with Crippen LogP contribution in [0.3, 0.4) is 0 Å². The lowest BCUT2D eigenvalue weighted by Crippen LogP contribution is -2.66. The molecule has 1 aliphatic heterocycles. The average Bonchev–Trinajstić information content (AvgIpc) is 2.94. The number of rotatable bonds is 11. The van der Waals surface area contributed by atoms with Crippen LogP contribution in [0.2, 0.25) is 0 Å². The number of likely N-dealkylation sites (tertiary alicyclic amines) is 1. The molecule has 3 rings (SSSR count). The van der Waals surface area contributed by atoms with E-state index < -0.39 is 60.0 Å². The first-order valence-electron chi connectivity index (χ1n) is 13.1. The minimum atomic E-state index is -0.968. The number of amides is 4. The number of carbonyl (C=O) groups excluding carboxylic acids is 5. The van der Waals surface area contributed by atoms with Gasteiger partial charge in [0.1, 0.15) is 24.7 Å². The molecule has 11 nitrogen and oxygen atoms in total. The van der Waals surface area contributed by atoms with Gasteiger partial charge >= 0.3 is 12.1 Å². The van der Waals surface area contributed by atoms with E-state index in [2.05, 4.69) is 20.7 Å². The number of nitrogens with one attached hydrogen (secondary N) is 3. The van der Waals surface area contributed by atoms with Gasteiger partial charge in [0.15, 0.2) is 0 Å². The Morgan fingerprint density at radius 2 is 1.40 bits per heavy atom. The van der Waals surface area contributed by atoms with Crippen LogP contribution < -0.4 is 16.0 Å². The van der Waals surface area contributed by atoms with E-state index >= 15 is 0 Å². The smallest absolute Gasteiger partial charge is 0.407 e. The molecular formula is C29H36N4O7. The van der Waals surface area contributed by atoms with Gasteiger partial charge in [0.25, 0.3) is 0 Å². The van der Waals surface area contributed by atoms with E-state index in [1.165, 1.54) is 25.9 Å². The molecule has 214 valence electrons. The van der Waals surface area contributed by atoms with Crippen molar-refractivity contribution >= 4 is 29.8 Å². The summed E-state index contributed by atoms with van der Waals surface area (Å²) < 4.78 is 9.91. The summed E-state index contributed by atoms with van der Waals surface area (Å²) in [4.78, 5) is 64.5. The van der Waals surface area contributed by atoms with E-state index in [4.69, 9.17) is 4.74 Å². The van der Waals surface area contributed by atoms with E-state index in [1.54, 1.807) is 13.8 Å². The number of alkyl carbamates (subject to hydrolysis) is 1. The largest absolute Gasteiger partial charge is 0.467 e. The highest BCUT2D eigenvalue weighted by Gasteiger charge is 2.54. The van der Waals surface area contributed by atoms with Crippen LogP contribution >= 0.6 is 0 Å². The fraction of sp³-hybridized carbons (Fsp3) is 0.414. The molecule has 0 bridgehead atoms. The maximum Gasteiger partial charge on any atom is 0.407 e. The van der Waals surface area contributed by atoms with Crippen molar-refractivity contribution in [3.8, 4) is 0 Å². The molecule has 11 heteroatoms. The lowest BCUT2D eigenvalue weighted by atomic mass is 9.77. The van der Waals surface area contributed by atoms with Gasteiger partial charge in [-0.3, -0.25) is 14.4 Å². The number of carbonyl (C=O) groups is 5. The number of ether oxygens (including phenoxy) is 2. The third-order valence-electron chi connectivity index (χ3n) is 6.88. The summed E-state index contributed by atoms with van der Waals surface area (Å²) in [5.74, 6) is -2.68. The van der Waals surface area contributed by atoms with Crippen LogP contribution in [0.1, 0.15) is 44.9 Å². The Labute approximate surface area is 233 Å². The zero-order valence-corrected chi connectivity index (χ0v) is 23.2. The molecule has 0 saturated carbocycles. The van der Waals surface area contributed by atoms with Gasteiger partial charge in [0.05, 0.1) is 19.1 Å². The van der Waals surface area contributed by atoms with Crippen molar-refractivity contribution in [3.05, 3.63) is 71.8 Å². The van der Waals surface area contributed by atoms with Gasteiger partial charge in [0.2, 0.25) is 17.7 Å². The molecule has 3 N–H and O–H groups in total. The molecule has 0 spiro atoms. The third kappa shape index (κ3) is 7.16. The van der Waals surface area contributed by atoms with Crippen LogP contribution in [0.5, 0.6) is 0 Å². The Balaban J connectivity index is 1.67. The summed E-state index contributed by atoms with van der Waals surface area (Å²) >= 11 is 0. The summed E-state index contributed by atoms with van der Waals surface area (Å²) in [5.41, 5.74) is 1.64. The van der Waals surface area contributed by atoms with Crippen LogP contribution in [0.4, 0.5) is 4.79 Å². The van der Waals surface area contributed by atoms with Crippen molar-refractivity contribution in [2.75, 3.05) is 7.11 Å². The summed E-state index contributed by atoms with van der Waals surface area (Å²) in [6.07, 6.45) is -0.652. The first-order chi connectivity index (χ1) is 19.0. The first-order valence-corrected chi connectivity index (χ1v) is 13.1. The Morgan fingerprint density at radius 3 is 2.00 bits per heavy atom. The summed E-state index contributed by atoms with van der Waals surface area (Å²) in [7, 11) is 1.21. The van der Waals surface area contributed by atoms with Crippen LogP contribution in [-0.2, 0) is 35.3 Å². The minimum absolute atomic E-state index is 0.0909. The molecule has 1 fully saturated rings. The van der Waals surface area contributed by atoms with Crippen LogP contribution in [0.25, 0.3) is 0 Å². The second kappa shape index (κ2) is 13.6. The second-order valence-electron chi connectivity index (χ2n) is 9.78. The topological polar surface area (TPSA) is 143 Å². The molecule has 2 aromatic rings. The van der Waals surface area contributed by atoms with Crippen molar-refractivity contribution < 1.29 is 33.4 Å². The molecule has 4 amide bonds. The van der Waals surface area contributed by atoms with Crippen molar-refractivity contribution in [2.24, 2.45) is 5.92 Å². The molecule has 0 unspecified atom stereocenters. The highest BCUT2D eigenvalue weighted by Crippen LogP contribution is 2.43. The molecule has 1 saturated heterocycles. The lowest BCUT2D eigenvalue weighted by molar-refractivity contribution is -0.166. The second-order valence-corrected chi connectivity index (χ2v) is 9.78. The molecule has 2 aromatic carbocycles. The SMILES string of the molecule is COC(=O)[C@H](C)NC(=O)[C@H](C)NC(=O)[C@H](C)N1C(=O)[C@@H]([C@H](C)NC(=O)OCc2ccccc2)[C@@H]1c1ccccc1. The minimum Gasteiger partial charge on any atom is -0.467 e. The van der Waals surface area contributed by atoms with E-state index in [9.17, 15) is 24.0 Å². The van der Waals surface area contributed by atoms with Gasteiger partial charge in [-0.15, -0.1) is 0 Å². The van der Waals surface area contributed by atoms with Crippen LogP contribution in [-0.4, -0.2) is 66.0 Å². The Kier molecular flexibility index (Phi) is 10.2. The maximum atomic E-state index is 13.4. The van der Waals surface area contributed by atoms with E-state index in [0.717, 1.165) is 11.1 Å². The van der Waals surface area contributed by atoms with Crippen LogP contribution in [0, 0.1) is 5.92 Å². The number of methoxy groups -OCH3 is 1. The third-order valence-corrected chi connectivity index (χ3v) is 6.88. The lowest BCUT2D eigenvalue weighted by Gasteiger charge is -2.52. The Morgan fingerprint density at radius 1 is 0.825 bits per heavy atom. The fourth-order valence-corrected chi connectivity index (χ4v) is 4.61. The van der Waals surface area contributed by atoms with Crippen LogP contribution in [0.15, 0.2) is 60.7 Å². The van der Waals surface area contributed by atoms with Gasteiger partial charge in [-0.05, 0) is 38.8 Å². The molecule has 1 aliphatic rings. The predicted molar refractivity (Wildman–Crippen MR) is 145 cm³/mol. The highest BCUT2D eigenvalue weighted by molar-refractivity contribution is 5.96. The van der Waals surface area contributed by atoms with E-state index in [0.29, 0.717) is 0 Å². The number of benzene rings is 2. The normalized spacial score (nSPS) is 19.2. The van der Waals surface area contributed by atoms with Crippen molar-refractivity contribution in [1.29, 1.82) is 0 Å². The predicted octanol–water partition coefficient (Wildman–Crippen LogP) is 2.07. The van der Waals surface area contributed by atoms with E-state index in [1.807, 2.05) is 60.7 Å². The van der Waals surface area contributed by atoms with Crippen molar-refractivity contribution in [1.82, 2.24) is 20.9 Å². The van der Waals surface area contributed by atoms with Gasteiger partial charge in [-0.25, -0.2) is 9.59 Å². The number of hydrogen-bond acceptors (Lipinski definition) is 7. The molecule has 0 aliphatic carbocycles. The fourth-order valence-electron chi connectivity index (χ4n) is 4.61. The highest BCUT2D eigenvalue weighted by atomic mass is 16.5. The zero-order chi connectivity index (χ0) is 29.4. The molecular weight excluding hydrogens is 516 g/mol. The summed E-state index contributed by atoms with van der Waals surface area (Å²) in [6.45, 7) is 6.34. The average molecular weight is 553 g/mol. The monoisotopic (exact) mass is 552 g/mol. The van der Waals surface area contributed by atoms with E-state index in [-0.39, 0.29) is 12.5 Å². The molecule has 0 radical (unpaired) electrons. The van der Waals surface area contributed by atoms with Gasteiger partial charge in [-0.2, -0.15) is 0 Å². The molecule has 40 heavy (non-hydrogen) atoms. The zero-order valence-electron chi connectivity index (χ0n) is 23.2. The Bertz CT molecular complexity index is 1210. The van der Waals surface area contributed by atoms with Gasteiger partial charge < -0.3 is 30.3 Å².